The van der Waals surface area contributed by atoms with Crippen molar-refractivity contribution in [3.05, 3.63) is 35.4 Å². The normalized spacial score (nSPS) is 17.5. The maximum Gasteiger partial charge on any atom is 0.410 e. The predicted octanol–water partition coefficient (Wildman–Crippen LogP) is 2.82. The monoisotopic (exact) mass is 343 g/mol. The van der Waals surface area contributed by atoms with Crippen molar-refractivity contribution in [3.63, 3.8) is 0 Å². The van der Waals surface area contributed by atoms with E-state index < -0.39 is 5.60 Å². The summed E-state index contributed by atoms with van der Waals surface area (Å²) in [6.45, 7) is 6.76. The number of ether oxygens (including phenoxy) is 1. The van der Waals surface area contributed by atoms with Gasteiger partial charge in [0.1, 0.15) is 5.60 Å². The van der Waals surface area contributed by atoms with E-state index in [4.69, 9.17) is 10.00 Å². The molecular weight excluding hydrogens is 318 g/mol. The van der Waals surface area contributed by atoms with Crippen molar-refractivity contribution < 1.29 is 14.3 Å². The molecule has 134 valence electrons. The molecule has 6 heteroatoms. The number of hydrogen-bond acceptors (Lipinski definition) is 4. The highest BCUT2D eigenvalue weighted by Crippen LogP contribution is 2.20. The SMILES string of the molecule is CC(C)(C)OC(=O)N1CCC[C@H](C(=O)NCc2ccccc2C#N)C1. The molecule has 0 bridgehead atoms. The minimum atomic E-state index is -0.548. The standard InChI is InChI=1S/C19H25N3O3/c1-19(2,3)25-18(24)22-10-6-9-16(13-22)17(23)21-12-15-8-5-4-7-14(15)11-20/h4-5,7-8,16H,6,9-10,12-13H2,1-3H3,(H,21,23)/t16-/m0/s1. The van der Waals surface area contributed by atoms with E-state index in [1.807, 2.05) is 32.9 Å². The molecule has 1 aliphatic rings. The smallest absolute Gasteiger partial charge is 0.410 e. The number of likely N-dealkylation sites (tertiary alicyclic amines) is 1. The van der Waals surface area contributed by atoms with Gasteiger partial charge in [0, 0.05) is 19.6 Å². The fourth-order valence-corrected chi connectivity index (χ4v) is 2.79. The molecular formula is C19H25N3O3. The summed E-state index contributed by atoms with van der Waals surface area (Å²) in [6.07, 6.45) is 1.14. The third-order valence-corrected chi connectivity index (χ3v) is 4.03. The van der Waals surface area contributed by atoms with Gasteiger partial charge in [-0.2, -0.15) is 5.26 Å². The van der Waals surface area contributed by atoms with Crippen molar-refractivity contribution >= 4 is 12.0 Å². The summed E-state index contributed by atoms with van der Waals surface area (Å²) in [7, 11) is 0. The van der Waals surface area contributed by atoms with Crippen LogP contribution in [0.2, 0.25) is 0 Å². The molecule has 2 amide bonds. The molecule has 0 unspecified atom stereocenters. The van der Waals surface area contributed by atoms with Gasteiger partial charge in [0.15, 0.2) is 0 Å². The molecule has 6 nitrogen and oxygen atoms in total. The molecule has 1 aliphatic heterocycles. The maximum absolute atomic E-state index is 12.5. The van der Waals surface area contributed by atoms with Gasteiger partial charge in [0.05, 0.1) is 17.6 Å². The van der Waals surface area contributed by atoms with E-state index in [1.165, 1.54) is 0 Å². The van der Waals surface area contributed by atoms with Crippen molar-refractivity contribution in [2.75, 3.05) is 13.1 Å². The van der Waals surface area contributed by atoms with Crippen molar-refractivity contribution in [3.8, 4) is 6.07 Å². The van der Waals surface area contributed by atoms with Crippen LogP contribution in [0.15, 0.2) is 24.3 Å². The number of carbonyl (C=O) groups is 2. The summed E-state index contributed by atoms with van der Waals surface area (Å²) in [5, 5.41) is 12.0. The Morgan fingerprint density at radius 1 is 1.36 bits per heavy atom. The van der Waals surface area contributed by atoms with E-state index in [2.05, 4.69) is 11.4 Å². The van der Waals surface area contributed by atoms with E-state index in [0.29, 0.717) is 25.2 Å². The van der Waals surface area contributed by atoms with Gasteiger partial charge in [-0.25, -0.2) is 4.79 Å². The van der Waals surface area contributed by atoms with Gasteiger partial charge in [-0.1, -0.05) is 18.2 Å². The summed E-state index contributed by atoms with van der Waals surface area (Å²) < 4.78 is 5.38. The third kappa shape index (κ3) is 5.49. The van der Waals surface area contributed by atoms with Crippen LogP contribution < -0.4 is 5.32 Å². The van der Waals surface area contributed by atoms with Gasteiger partial charge in [-0.15, -0.1) is 0 Å². The fourth-order valence-electron chi connectivity index (χ4n) is 2.79. The summed E-state index contributed by atoms with van der Waals surface area (Å²) in [5.41, 5.74) is 0.799. The maximum atomic E-state index is 12.5. The second kappa shape index (κ2) is 8.02. The molecule has 0 aromatic heterocycles. The molecule has 0 aliphatic carbocycles. The summed E-state index contributed by atoms with van der Waals surface area (Å²) in [4.78, 5) is 26.2. The van der Waals surface area contributed by atoms with Crippen molar-refractivity contribution in [1.29, 1.82) is 5.26 Å². The lowest BCUT2D eigenvalue weighted by atomic mass is 9.97. The predicted molar refractivity (Wildman–Crippen MR) is 93.5 cm³/mol. The number of benzene rings is 1. The van der Waals surface area contributed by atoms with Crippen LogP contribution in [0.3, 0.4) is 0 Å². The first-order valence-corrected chi connectivity index (χ1v) is 8.54. The quantitative estimate of drug-likeness (QED) is 0.915. The lowest BCUT2D eigenvalue weighted by Gasteiger charge is -2.33. The number of nitrogens with zero attached hydrogens (tertiary/aromatic N) is 2. The van der Waals surface area contributed by atoms with Crippen molar-refractivity contribution in [1.82, 2.24) is 10.2 Å². The van der Waals surface area contributed by atoms with Gasteiger partial charge >= 0.3 is 6.09 Å². The number of piperidine rings is 1. The molecule has 2 rings (SSSR count). The number of rotatable bonds is 3. The van der Waals surface area contributed by atoms with Crippen LogP contribution in [0.5, 0.6) is 0 Å². The van der Waals surface area contributed by atoms with E-state index in [-0.39, 0.29) is 17.9 Å². The second-order valence-electron chi connectivity index (χ2n) is 7.25. The topological polar surface area (TPSA) is 82.4 Å². The molecule has 1 aromatic carbocycles. The average molecular weight is 343 g/mol. The molecule has 1 aromatic rings. The van der Waals surface area contributed by atoms with Gasteiger partial charge in [0.25, 0.3) is 0 Å². The Labute approximate surface area is 148 Å². The van der Waals surface area contributed by atoms with Gasteiger partial charge < -0.3 is 15.0 Å². The lowest BCUT2D eigenvalue weighted by molar-refractivity contribution is -0.126. The van der Waals surface area contributed by atoms with E-state index >= 15 is 0 Å². The molecule has 1 atom stereocenters. The van der Waals surface area contributed by atoms with Crippen LogP contribution in [0, 0.1) is 17.2 Å². The third-order valence-electron chi connectivity index (χ3n) is 4.03. The van der Waals surface area contributed by atoms with Crippen LogP contribution >= 0.6 is 0 Å². The number of hydrogen-bond donors (Lipinski definition) is 1. The zero-order valence-electron chi connectivity index (χ0n) is 15.0. The number of nitriles is 1. The van der Waals surface area contributed by atoms with Crippen molar-refractivity contribution in [2.45, 2.75) is 45.8 Å². The first-order valence-electron chi connectivity index (χ1n) is 8.54. The Morgan fingerprint density at radius 3 is 2.76 bits per heavy atom. The number of amides is 2. The first kappa shape index (κ1) is 18.8. The second-order valence-corrected chi connectivity index (χ2v) is 7.25. The summed E-state index contributed by atoms with van der Waals surface area (Å²) in [5.74, 6) is -0.350. The van der Waals surface area contributed by atoms with Crippen LogP contribution in [-0.4, -0.2) is 35.6 Å². The zero-order valence-corrected chi connectivity index (χ0v) is 15.0. The molecule has 1 saturated heterocycles. The van der Waals surface area contributed by atoms with E-state index in [9.17, 15) is 9.59 Å². The molecule has 0 spiro atoms. The Kier molecular flexibility index (Phi) is 6.02. The molecule has 1 heterocycles. The Balaban J connectivity index is 1.91. The van der Waals surface area contributed by atoms with E-state index in [1.54, 1.807) is 17.0 Å². The molecule has 25 heavy (non-hydrogen) atoms. The van der Waals surface area contributed by atoms with Crippen LogP contribution in [-0.2, 0) is 16.1 Å². The Bertz CT molecular complexity index is 673. The largest absolute Gasteiger partial charge is 0.444 e. The minimum Gasteiger partial charge on any atom is -0.444 e. The highest BCUT2D eigenvalue weighted by atomic mass is 16.6. The van der Waals surface area contributed by atoms with Crippen LogP contribution in [0.1, 0.15) is 44.7 Å². The molecule has 1 fully saturated rings. The zero-order chi connectivity index (χ0) is 18.4. The average Bonchev–Trinajstić information content (AvgIpc) is 2.58. The van der Waals surface area contributed by atoms with Gasteiger partial charge in [0.2, 0.25) is 5.91 Å². The fraction of sp³-hybridized carbons (Fsp3) is 0.526. The highest BCUT2D eigenvalue weighted by Gasteiger charge is 2.30. The number of nitrogens with one attached hydrogen (secondary N) is 1. The van der Waals surface area contributed by atoms with Crippen LogP contribution in [0.4, 0.5) is 4.79 Å². The summed E-state index contributed by atoms with van der Waals surface area (Å²) >= 11 is 0. The Hall–Kier alpha value is -2.55. The van der Waals surface area contributed by atoms with Crippen molar-refractivity contribution in [2.24, 2.45) is 5.92 Å². The molecule has 0 radical (unpaired) electrons. The van der Waals surface area contributed by atoms with Crippen LogP contribution in [0.25, 0.3) is 0 Å². The summed E-state index contributed by atoms with van der Waals surface area (Å²) in [6, 6.07) is 9.31. The Morgan fingerprint density at radius 2 is 2.08 bits per heavy atom. The van der Waals surface area contributed by atoms with Gasteiger partial charge in [-0.3, -0.25) is 4.79 Å². The molecule has 0 saturated carbocycles. The van der Waals surface area contributed by atoms with Gasteiger partial charge in [-0.05, 0) is 45.2 Å². The minimum absolute atomic E-state index is 0.0963. The molecule has 1 N–H and O–H groups in total. The highest BCUT2D eigenvalue weighted by molar-refractivity contribution is 5.80. The first-order chi connectivity index (χ1) is 11.8. The number of carbonyl (C=O) groups excluding carboxylic acids is 2. The van der Waals surface area contributed by atoms with E-state index in [0.717, 1.165) is 18.4 Å². The lowest BCUT2D eigenvalue weighted by Crippen LogP contribution is -2.46.